The summed E-state index contributed by atoms with van der Waals surface area (Å²) in [7, 11) is 0. The van der Waals surface area contributed by atoms with E-state index >= 15 is 0 Å². The molecule has 0 aliphatic carbocycles. The Labute approximate surface area is 219 Å². The molecule has 38 heavy (non-hydrogen) atoms. The highest BCUT2D eigenvalue weighted by atomic mass is 15.2. The standard InChI is InChI=1S/C33H21N5/c1-2-12-29-25(10-1)26-11-5-15-32-33(26)38(29)31-14-4-3-13-30(31)37(32)24-18-27(22-8-6-16-34-20-22)36-28(19-24)23-9-7-17-35-21-23/h1-21H. The predicted molar refractivity (Wildman–Crippen MR) is 153 cm³/mol. The Hall–Kier alpha value is -5.29. The van der Waals surface area contributed by atoms with Gasteiger partial charge in [0.25, 0.3) is 0 Å². The van der Waals surface area contributed by atoms with Gasteiger partial charge in [0.2, 0.25) is 0 Å². The van der Waals surface area contributed by atoms with Crippen molar-refractivity contribution in [3.05, 3.63) is 128 Å². The molecule has 0 bridgehead atoms. The summed E-state index contributed by atoms with van der Waals surface area (Å²) in [5, 5.41) is 2.49. The molecular weight excluding hydrogens is 466 g/mol. The van der Waals surface area contributed by atoms with Gasteiger partial charge in [-0.15, -0.1) is 0 Å². The fraction of sp³-hybridized carbons (Fsp3) is 0. The molecule has 5 nitrogen and oxygen atoms in total. The van der Waals surface area contributed by atoms with Gasteiger partial charge in [-0.2, -0.15) is 0 Å². The summed E-state index contributed by atoms with van der Waals surface area (Å²) in [4.78, 5) is 16.1. The molecule has 178 valence electrons. The fourth-order valence-electron chi connectivity index (χ4n) is 5.65. The van der Waals surface area contributed by atoms with Crippen LogP contribution in [0.4, 0.5) is 17.1 Å². The first kappa shape index (κ1) is 20.9. The van der Waals surface area contributed by atoms with Crippen molar-refractivity contribution in [2.24, 2.45) is 0 Å². The van der Waals surface area contributed by atoms with E-state index in [1.807, 2.05) is 24.5 Å². The van der Waals surface area contributed by atoms with Gasteiger partial charge in [0.15, 0.2) is 0 Å². The van der Waals surface area contributed by atoms with Crippen LogP contribution in [-0.2, 0) is 0 Å². The smallest absolute Gasteiger partial charge is 0.0783 e. The summed E-state index contributed by atoms with van der Waals surface area (Å²) >= 11 is 0. The molecule has 0 unspecified atom stereocenters. The monoisotopic (exact) mass is 487 g/mol. The number of aromatic nitrogens is 4. The zero-order valence-corrected chi connectivity index (χ0v) is 20.4. The topological polar surface area (TPSA) is 46.8 Å². The molecule has 8 rings (SSSR count). The van der Waals surface area contributed by atoms with Crippen molar-refractivity contribution in [2.75, 3.05) is 4.90 Å². The second kappa shape index (κ2) is 8.11. The lowest BCUT2D eigenvalue weighted by atomic mass is 10.0. The second-order valence-corrected chi connectivity index (χ2v) is 9.43. The summed E-state index contributed by atoms with van der Waals surface area (Å²) < 4.78 is 2.40. The Morgan fingerprint density at radius 3 is 1.87 bits per heavy atom. The minimum Gasteiger partial charge on any atom is -0.306 e. The van der Waals surface area contributed by atoms with Crippen LogP contribution in [0.2, 0.25) is 0 Å². The van der Waals surface area contributed by atoms with Crippen molar-refractivity contribution >= 4 is 38.9 Å². The summed E-state index contributed by atoms with van der Waals surface area (Å²) in [5.41, 5.74) is 10.5. The molecule has 0 amide bonds. The van der Waals surface area contributed by atoms with E-state index in [9.17, 15) is 0 Å². The van der Waals surface area contributed by atoms with E-state index in [1.165, 1.54) is 21.8 Å². The molecule has 5 heterocycles. The van der Waals surface area contributed by atoms with Crippen LogP contribution in [-0.4, -0.2) is 19.5 Å². The van der Waals surface area contributed by atoms with E-state index in [1.54, 1.807) is 12.4 Å². The normalized spacial score (nSPS) is 12.2. The summed E-state index contributed by atoms with van der Waals surface area (Å²) in [5.74, 6) is 0. The first-order valence-corrected chi connectivity index (χ1v) is 12.6. The maximum atomic E-state index is 5.04. The highest BCUT2D eigenvalue weighted by molar-refractivity contribution is 6.16. The largest absolute Gasteiger partial charge is 0.306 e. The van der Waals surface area contributed by atoms with Gasteiger partial charge in [-0.3, -0.25) is 9.97 Å². The first-order valence-electron chi connectivity index (χ1n) is 12.6. The molecule has 1 aliphatic heterocycles. The molecule has 1 aliphatic rings. The van der Waals surface area contributed by atoms with Crippen LogP contribution < -0.4 is 4.90 Å². The van der Waals surface area contributed by atoms with Crippen molar-refractivity contribution in [1.82, 2.24) is 19.5 Å². The van der Waals surface area contributed by atoms with E-state index in [0.29, 0.717) is 0 Å². The van der Waals surface area contributed by atoms with Gasteiger partial charge >= 0.3 is 0 Å². The van der Waals surface area contributed by atoms with Crippen LogP contribution in [0.25, 0.3) is 50.0 Å². The molecule has 3 aromatic carbocycles. The van der Waals surface area contributed by atoms with E-state index in [-0.39, 0.29) is 0 Å². The van der Waals surface area contributed by atoms with Gasteiger partial charge in [0.05, 0.1) is 45.2 Å². The molecule has 7 aromatic rings. The van der Waals surface area contributed by atoms with Gasteiger partial charge in [-0.05, 0) is 60.7 Å². The Balaban J connectivity index is 1.46. The Bertz CT molecular complexity index is 1920. The summed E-state index contributed by atoms with van der Waals surface area (Å²) in [6.07, 6.45) is 7.30. The number of pyridine rings is 3. The van der Waals surface area contributed by atoms with Crippen LogP contribution in [0.3, 0.4) is 0 Å². The van der Waals surface area contributed by atoms with Gasteiger partial charge < -0.3 is 9.47 Å². The maximum absolute atomic E-state index is 5.04. The average molecular weight is 488 g/mol. The highest BCUT2D eigenvalue weighted by Gasteiger charge is 2.28. The SMILES string of the molecule is c1cncc(-c2cc(N3c4ccccc4-n4c5ccccc5c5cccc3c54)cc(-c3cccnc3)n2)c1. The average Bonchev–Trinajstić information content (AvgIpc) is 3.34. The molecule has 4 aromatic heterocycles. The fourth-order valence-corrected chi connectivity index (χ4v) is 5.65. The van der Waals surface area contributed by atoms with Crippen LogP contribution >= 0.6 is 0 Å². The van der Waals surface area contributed by atoms with Crippen molar-refractivity contribution in [3.63, 3.8) is 0 Å². The van der Waals surface area contributed by atoms with Crippen molar-refractivity contribution in [3.8, 4) is 28.2 Å². The highest BCUT2D eigenvalue weighted by Crippen LogP contribution is 2.50. The van der Waals surface area contributed by atoms with Gasteiger partial charge in [0.1, 0.15) is 0 Å². The number of hydrogen-bond donors (Lipinski definition) is 0. The van der Waals surface area contributed by atoms with E-state index < -0.39 is 0 Å². The quantitative estimate of drug-likeness (QED) is 0.253. The third-order valence-corrected chi connectivity index (χ3v) is 7.26. The molecule has 0 saturated heterocycles. The van der Waals surface area contributed by atoms with Crippen LogP contribution in [0.1, 0.15) is 0 Å². The Kier molecular flexibility index (Phi) is 4.45. The zero-order chi connectivity index (χ0) is 25.1. The van der Waals surface area contributed by atoms with Gasteiger partial charge in [-0.1, -0.05) is 42.5 Å². The minimum absolute atomic E-state index is 0.866. The zero-order valence-electron chi connectivity index (χ0n) is 20.4. The number of para-hydroxylation sites is 4. The maximum Gasteiger partial charge on any atom is 0.0783 e. The third kappa shape index (κ3) is 3.02. The molecular formula is C33H21N5. The predicted octanol–water partition coefficient (Wildman–Crippen LogP) is 8.09. The van der Waals surface area contributed by atoms with Crippen LogP contribution in [0.5, 0.6) is 0 Å². The molecule has 0 radical (unpaired) electrons. The second-order valence-electron chi connectivity index (χ2n) is 9.43. The number of nitrogens with zero attached hydrogens (tertiary/aromatic N) is 5. The lowest BCUT2D eigenvalue weighted by Gasteiger charge is -2.33. The molecule has 0 saturated carbocycles. The first-order chi connectivity index (χ1) is 18.9. The summed E-state index contributed by atoms with van der Waals surface area (Å²) in [6.45, 7) is 0. The van der Waals surface area contributed by atoms with Crippen molar-refractivity contribution in [2.45, 2.75) is 0 Å². The molecule has 0 atom stereocenters. The van der Waals surface area contributed by atoms with Gasteiger partial charge in [0, 0.05) is 46.7 Å². The van der Waals surface area contributed by atoms with Crippen LogP contribution in [0, 0.1) is 0 Å². The number of anilines is 3. The van der Waals surface area contributed by atoms with Crippen molar-refractivity contribution in [1.29, 1.82) is 0 Å². The van der Waals surface area contributed by atoms with Crippen molar-refractivity contribution < 1.29 is 0 Å². The Morgan fingerprint density at radius 1 is 0.526 bits per heavy atom. The molecule has 0 spiro atoms. The van der Waals surface area contributed by atoms with E-state index in [2.05, 4.69) is 110 Å². The van der Waals surface area contributed by atoms with E-state index in [4.69, 9.17) is 4.98 Å². The molecule has 0 fully saturated rings. The lowest BCUT2D eigenvalue weighted by Crippen LogP contribution is -2.18. The number of fused-ring (bicyclic) bond motifs is 5. The summed E-state index contributed by atoms with van der Waals surface area (Å²) in [6, 6.07) is 36.2. The number of rotatable bonds is 3. The van der Waals surface area contributed by atoms with E-state index in [0.717, 1.165) is 45.3 Å². The Morgan fingerprint density at radius 2 is 1.16 bits per heavy atom. The molecule has 0 N–H and O–H groups in total. The van der Waals surface area contributed by atoms with Gasteiger partial charge in [-0.25, -0.2) is 4.98 Å². The number of hydrogen-bond acceptors (Lipinski definition) is 4. The minimum atomic E-state index is 0.866. The lowest BCUT2D eigenvalue weighted by molar-refractivity contribution is 1.11. The third-order valence-electron chi connectivity index (χ3n) is 7.26. The van der Waals surface area contributed by atoms with Crippen LogP contribution in [0.15, 0.2) is 128 Å². The number of benzene rings is 3. The molecule has 5 heteroatoms.